The predicted molar refractivity (Wildman–Crippen MR) is 90.1 cm³/mol. The Morgan fingerprint density at radius 2 is 1.91 bits per heavy atom. The van der Waals surface area contributed by atoms with E-state index in [9.17, 15) is 4.79 Å². The van der Waals surface area contributed by atoms with Crippen LogP contribution in [-0.2, 0) is 4.79 Å². The van der Waals surface area contributed by atoms with Crippen LogP contribution in [0.2, 0.25) is 15.2 Å². The van der Waals surface area contributed by atoms with E-state index in [1.807, 2.05) is 0 Å². The molecule has 2 aromatic rings. The number of likely N-dealkylation sites (N-methyl/N-ethyl adjacent to an activating group) is 1. The van der Waals surface area contributed by atoms with Crippen LogP contribution in [0.25, 0.3) is 0 Å². The van der Waals surface area contributed by atoms with E-state index in [0.29, 0.717) is 32.5 Å². The number of aromatic nitrogens is 2. The second-order valence-electron chi connectivity index (χ2n) is 4.63. The van der Waals surface area contributed by atoms with Gasteiger partial charge >= 0.3 is 0 Å². The van der Waals surface area contributed by atoms with Crippen molar-refractivity contribution in [1.29, 1.82) is 0 Å². The molecular formula is C14H13Cl3N4O. The molecule has 0 fully saturated rings. The molecule has 0 saturated heterocycles. The molecule has 5 nitrogen and oxygen atoms in total. The SMILES string of the molecule is Cc1nc(Cl)cc(N(C)CC(=O)Nc2ccc(Cl)c(Cl)c2)n1. The van der Waals surface area contributed by atoms with Crippen LogP contribution in [0.15, 0.2) is 24.3 Å². The molecule has 1 aromatic carbocycles. The number of nitrogens with one attached hydrogen (secondary N) is 1. The highest BCUT2D eigenvalue weighted by Crippen LogP contribution is 2.25. The smallest absolute Gasteiger partial charge is 0.243 e. The maximum absolute atomic E-state index is 12.1. The molecule has 0 aliphatic carbocycles. The summed E-state index contributed by atoms with van der Waals surface area (Å²) in [6, 6.07) is 6.49. The van der Waals surface area contributed by atoms with Crippen molar-refractivity contribution in [2.24, 2.45) is 0 Å². The zero-order chi connectivity index (χ0) is 16.3. The Bertz CT molecular complexity index is 688. The molecule has 0 unspecified atom stereocenters. The van der Waals surface area contributed by atoms with Crippen molar-refractivity contribution in [1.82, 2.24) is 9.97 Å². The number of carbonyl (C=O) groups is 1. The van der Waals surface area contributed by atoms with Gasteiger partial charge in [-0.1, -0.05) is 34.8 Å². The van der Waals surface area contributed by atoms with Gasteiger partial charge in [0.1, 0.15) is 16.8 Å². The normalized spacial score (nSPS) is 10.4. The molecule has 0 saturated carbocycles. The van der Waals surface area contributed by atoms with Crippen molar-refractivity contribution < 1.29 is 4.79 Å². The fourth-order valence-electron chi connectivity index (χ4n) is 1.78. The van der Waals surface area contributed by atoms with Crippen LogP contribution in [0.1, 0.15) is 5.82 Å². The minimum atomic E-state index is -0.215. The summed E-state index contributed by atoms with van der Waals surface area (Å²) in [6.45, 7) is 1.84. The molecule has 1 aromatic heterocycles. The Labute approximate surface area is 143 Å². The number of halogens is 3. The largest absolute Gasteiger partial charge is 0.350 e. The molecule has 116 valence electrons. The molecule has 0 aliphatic rings. The van der Waals surface area contributed by atoms with Gasteiger partial charge in [0.2, 0.25) is 5.91 Å². The number of aryl methyl sites for hydroxylation is 1. The molecule has 1 N–H and O–H groups in total. The summed E-state index contributed by atoms with van der Waals surface area (Å²) >= 11 is 17.6. The van der Waals surface area contributed by atoms with Crippen molar-refractivity contribution in [3.8, 4) is 0 Å². The number of carbonyl (C=O) groups excluding carboxylic acids is 1. The van der Waals surface area contributed by atoms with Crippen LogP contribution in [0.4, 0.5) is 11.5 Å². The molecule has 22 heavy (non-hydrogen) atoms. The number of anilines is 2. The van der Waals surface area contributed by atoms with Crippen LogP contribution in [-0.4, -0.2) is 29.5 Å². The fraction of sp³-hybridized carbons (Fsp3) is 0.214. The summed E-state index contributed by atoms with van der Waals surface area (Å²) in [5.41, 5.74) is 0.574. The molecule has 0 radical (unpaired) electrons. The van der Waals surface area contributed by atoms with Gasteiger partial charge in [-0.15, -0.1) is 0 Å². The molecule has 1 heterocycles. The number of hydrogen-bond donors (Lipinski definition) is 1. The van der Waals surface area contributed by atoms with E-state index in [1.165, 1.54) is 0 Å². The summed E-state index contributed by atoms with van der Waals surface area (Å²) in [5, 5.41) is 3.89. The van der Waals surface area contributed by atoms with Gasteiger partial charge in [0.15, 0.2) is 0 Å². The van der Waals surface area contributed by atoms with Gasteiger partial charge in [-0.2, -0.15) is 0 Å². The average Bonchev–Trinajstić information content (AvgIpc) is 2.41. The van der Waals surface area contributed by atoms with Crippen LogP contribution in [0.3, 0.4) is 0 Å². The average molecular weight is 360 g/mol. The Morgan fingerprint density at radius 1 is 1.18 bits per heavy atom. The zero-order valence-corrected chi connectivity index (χ0v) is 14.2. The molecule has 0 bridgehead atoms. The van der Waals surface area contributed by atoms with Crippen LogP contribution in [0, 0.1) is 6.92 Å². The third-order valence-electron chi connectivity index (χ3n) is 2.77. The monoisotopic (exact) mass is 358 g/mol. The number of hydrogen-bond acceptors (Lipinski definition) is 4. The number of nitrogens with zero attached hydrogens (tertiary/aromatic N) is 3. The Kier molecular flexibility index (Phi) is 5.45. The van der Waals surface area contributed by atoms with Crippen molar-refractivity contribution in [2.75, 3.05) is 23.8 Å². The first-order valence-electron chi connectivity index (χ1n) is 6.32. The molecule has 2 rings (SSSR count). The molecule has 0 aliphatic heterocycles. The van der Waals surface area contributed by atoms with E-state index < -0.39 is 0 Å². The highest BCUT2D eigenvalue weighted by Gasteiger charge is 2.11. The quantitative estimate of drug-likeness (QED) is 0.843. The standard InChI is InChI=1S/C14H13Cl3N4O/c1-8-18-12(17)6-13(19-8)21(2)7-14(22)20-9-3-4-10(15)11(16)5-9/h3-6H,7H2,1-2H3,(H,20,22). The van der Waals surface area contributed by atoms with E-state index in [4.69, 9.17) is 34.8 Å². The maximum atomic E-state index is 12.1. The molecule has 0 spiro atoms. The van der Waals surface area contributed by atoms with Crippen molar-refractivity contribution in [3.63, 3.8) is 0 Å². The molecule has 8 heteroatoms. The van der Waals surface area contributed by atoms with Crippen LogP contribution < -0.4 is 10.2 Å². The number of amides is 1. The third kappa shape index (κ3) is 4.47. The lowest BCUT2D eigenvalue weighted by molar-refractivity contribution is -0.114. The predicted octanol–water partition coefficient (Wildman–Crippen LogP) is 3.82. The number of benzene rings is 1. The van der Waals surface area contributed by atoms with E-state index in [1.54, 1.807) is 43.1 Å². The van der Waals surface area contributed by atoms with Crippen molar-refractivity contribution in [2.45, 2.75) is 6.92 Å². The highest BCUT2D eigenvalue weighted by atomic mass is 35.5. The first-order valence-corrected chi connectivity index (χ1v) is 7.46. The maximum Gasteiger partial charge on any atom is 0.243 e. The first kappa shape index (κ1) is 16.8. The second kappa shape index (κ2) is 7.13. The van der Waals surface area contributed by atoms with Gasteiger partial charge in [-0.05, 0) is 25.1 Å². The second-order valence-corrected chi connectivity index (χ2v) is 5.83. The molecule has 0 atom stereocenters. The number of rotatable bonds is 4. The van der Waals surface area contributed by atoms with Gasteiger partial charge in [0.05, 0.1) is 16.6 Å². The summed E-state index contributed by atoms with van der Waals surface area (Å²) in [4.78, 5) is 21.9. The lowest BCUT2D eigenvalue weighted by atomic mass is 10.3. The summed E-state index contributed by atoms with van der Waals surface area (Å²) in [6.07, 6.45) is 0. The lowest BCUT2D eigenvalue weighted by Gasteiger charge is -2.18. The van der Waals surface area contributed by atoms with Gasteiger partial charge in [0.25, 0.3) is 0 Å². The van der Waals surface area contributed by atoms with Gasteiger partial charge < -0.3 is 10.2 Å². The minimum Gasteiger partial charge on any atom is -0.350 e. The minimum absolute atomic E-state index is 0.104. The van der Waals surface area contributed by atoms with E-state index in [0.717, 1.165) is 0 Å². The van der Waals surface area contributed by atoms with Gasteiger partial charge in [-0.3, -0.25) is 4.79 Å². The Morgan fingerprint density at radius 3 is 2.55 bits per heavy atom. The van der Waals surface area contributed by atoms with Crippen LogP contribution >= 0.6 is 34.8 Å². The Balaban J connectivity index is 2.03. The highest BCUT2D eigenvalue weighted by molar-refractivity contribution is 6.42. The van der Waals surface area contributed by atoms with Gasteiger partial charge in [0, 0.05) is 18.8 Å². The summed E-state index contributed by atoms with van der Waals surface area (Å²) in [7, 11) is 1.74. The van der Waals surface area contributed by atoms with Gasteiger partial charge in [-0.25, -0.2) is 9.97 Å². The topological polar surface area (TPSA) is 58.1 Å². The Hall–Kier alpha value is -1.56. The molecule has 1 amide bonds. The fourth-order valence-corrected chi connectivity index (χ4v) is 2.30. The zero-order valence-electron chi connectivity index (χ0n) is 11.9. The van der Waals surface area contributed by atoms with Crippen molar-refractivity contribution in [3.05, 3.63) is 45.3 Å². The summed E-state index contributed by atoms with van der Waals surface area (Å²) in [5.74, 6) is 0.898. The first-order chi connectivity index (χ1) is 10.3. The van der Waals surface area contributed by atoms with Crippen molar-refractivity contribution >= 4 is 52.2 Å². The lowest BCUT2D eigenvalue weighted by Crippen LogP contribution is -2.30. The van der Waals surface area contributed by atoms with E-state index in [2.05, 4.69) is 15.3 Å². The van der Waals surface area contributed by atoms with E-state index in [-0.39, 0.29) is 12.5 Å². The summed E-state index contributed by atoms with van der Waals surface area (Å²) < 4.78 is 0. The van der Waals surface area contributed by atoms with Crippen LogP contribution in [0.5, 0.6) is 0 Å². The molecular weight excluding hydrogens is 347 g/mol. The third-order valence-corrected chi connectivity index (χ3v) is 3.70. The van der Waals surface area contributed by atoms with E-state index >= 15 is 0 Å².